The zero-order valence-electron chi connectivity index (χ0n) is 14.8. The lowest BCUT2D eigenvalue weighted by molar-refractivity contribution is -0.385. The van der Waals surface area contributed by atoms with E-state index in [1.165, 1.54) is 31.5 Å². The van der Waals surface area contributed by atoms with Crippen LogP contribution in [0.5, 0.6) is 0 Å². The van der Waals surface area contributed by atoms with Crippen LogP contribution in [0.15, 0.2) is 18.2 Å². The number of amides is 1. The number of aryl methyl sites for hydroxylation is 1. The molecular formula is C18H24N2O5. The maximum Gasteiger partial charge on any atom is 0.338 e. The Balaban J connectivity index is 1.96. The van der Waals surface area contributed by atoms with Gasteiger partial charge in [-0.2, -0.15) is 0 Å². The zero-order valence-corrected chi connectivity index (χ0v) is 14.8. The van der Waals surface area contributed by atoms with Crippen LogP contribution in [0, 0.1) is 23.0 Å². The monoisotopic (exact) mass is 348 g/mol. The Morgan fingerprint density at radius 3 is 2.60 bits per heavy atom. The smallest absolute Gasteiger partial charge is 0.338 e. The van der Waals surface area contributed by atoms with E-state index in [-0.39, 0.29) is 23.2 Å². The normalized spacial score (nSPS) is 21.2. The first-order valence-corrected chi connectivity index (χ1v) is 8.56. The molecule has 0 bridgehead atoms. The number of nitrogens with one attached hydrogen (secondary N) is 1. The summed E-state index contributed by atoms with van der Waals surface area (Å²) in [6, 6.07) is 4.11. The molecule has 0 spiro atoms. The fourth-order valence-electron chi connectivity index (χ4n) is 3.10. The van der Waals surface area contributed by atoms with E-state index >= 15 is 0 Å². The van der Waals surface area contributed by atoms with E-state index in [1.807, 2.05) is 0 Å². The van der Waals surface area contributed by atoms with Crippen LogP contribution in [0.1, 0.15) is 55.5 Å². The van der Waals surface area contributed by atoms with E-state index in [0.717, 1.165) is 19.3 Å². The van der Waals surface area contributed by atoms with Crippen molar-refractivity contribution < 1.29 is 19.2 Å². The van der Waals surface area contributed by atoms with Crippen LogP contribution in [-0.4, -0.2) is 28.9 Å². The highest BCUT2D eigenvalue weighted by Gasteiger charge is 2.26. The fourth-order valence-corrected chi connectivity index (χ4v) is 3.10. The lowest BCUT2D eigenvalue weighted by Crippen LogP contribution is -2.45. The molecule has 0 heterocycles. The first-order chi connectivity index (χ1) is 11.8. The summed E-state index contributed by atoms with van der Waals surface area (Å²) in [6.45, 7) is 5.19. The molecule has 3 atom stereocenters. The van der Waals surface area contributed by atoms with Crippen molar-refractivity contribution in [1.29, 1.82) is 0 Å². The maximum absolute atomic E-state index is 12.3. The van der Waals surface area contributed by atoms with Crippen LogP contribution in [0.3, 0.4) is 0 Å². The summed E-state index contributed by atoms with van der Waals surface area (Å²) in [4.78, 5) is 34.7. The van der Waals surface area contributed by atoms with E-state index in [9.17, 15) is 19.7 Å². The van der Waals surface area contributed by atoms with Crippen LogP contribution in [0.4, 0.5) is 5.69 Å². The lowest BCUT2D eigenvalue weighted by atomic mass is 9.86. The Labute approximate surface area is 146 Å². The summed E-state index contributed by atoms with van der Waals surface area (Å²) in [5.41, 5.74) is 0.495. The molecule has 7 nitrogen and oxygen atoms in total. The second kappa shape index (κ2) is 8.09. The number of nitrogens with zero attached hydrogens (tertiary/aromatic N) is 1. The number of benzene rings is 1. The fraction of sp³-hybridized carbons (Fsp3) is 0.556. The second-order valence-corrected chi connectivity index (χ2v) is 6.68. The van der Waals surface area contributed by atoms with E-state index < -0.39 is 17.0 Å². The van der Waals surface area contributed by atoms with Crippen molar-refractivity contribution >= 4 is 17.6 Å². The molecule has 7 heteroatoms. The van der Waals surface area contributed by atoms with Gasteiger partial charge in [0, 0.05) is 17.7 Å². The zero-order chi connectivity index (χ0) is 18.6. The van der Waals surface area contributed by atoms with Crippen LogP contribution < -0.4 is 5.32 Å². The predicted octanol–water partition coefficient (Wildman–Crippen LogP) is 3.14. The Bertz CT molecular complexity index is 673. The quantitative estimate of drug-likeness (QED) is 0.501. The standard InChI is InChI=1S/C18H24N2O5/c1-11-6-4-5-7-15(11)19-17(21)13(3)25-18(22)14-8-9-16(20(23)24)12(2)10-14/h8-11,13,15H,4-7H2,1-3H3,(H,19,21)/t11-,13+,15-/m0/s1. The molecule has 136 valence electrons. The SMILES string of the molecule is Cc1cc(C(=O)O[C@H](C)C(=O)N[C@H]2CCCC[C@@H]2C)ccc1[N+](=O)[O-]. The molecule has 1 amide bonds. The minimum atomic E-state index is -0.919. The molecule has 1 aromatic carbocycles. The van der Waals surface area contributed by atoms with Crippen molar-refractivity contribution in [1.82, 2.24) is 5.32 Å². The molecule has 0 aromatic heterocycles. The molecule has 1 aliphatic rings. The number of nitro benzene ring substituents is 1. The highest BCUT2D eigenvalue weighted by molar-refractivity contribution is 5.92. The van der Waals surface area contributed by atoms with Gasteiger partial charge in [0.2, 0.25) is 0 Å². The molecule has 25 heavy (non-hydrogen) atoms. The van der Waals surface area contributed by atoms with Crippen LogP contribution in [-0.2, 0) is 9.53 Å². The van der Waals surface area contributed by atoms with Gasteiger partial charge >= 0.3 is 5.97 Å². The molecule has 1 aliphatic carbocycles. The molecule has 1 saturated carbocycles. The number of carbonyl (C=O) groups is 2. The van der Waals surface area contributed by atoms with Crippen LogP contribution in [0.25, 0.3) is 0 Å². The highest BCUT2D eigenvalue weighted by Crippen LogP contribution is 2.24. The first kappa shape index (κ1) is 18.9. The number of carbonyl (C=O) groups excluding carboxylic acids is 2. The molecule has 1 fully saturated rings. The Morgan fingerprint density at radius 1 is 1.32 bits per heavy atom. The largest absolute Gasteiger partial charge is 0.449 e. The van der Waals surface area contributed by atoms with Gasteiger partial charge in [-0.25, -0.2) is 4.79 Å². The third-order valence-corrected chi connectivity index (χ3v) is 4.72. The Hall–Kier alpha value is -2.44. The van der Waals surface area contributed by atoms with E-state index in [4.69, 9.17) is 4.74 Å². The van der Waals surface area contributed by atoms with Gasteiger partial charge < -0.3 is 10.1 Å². The average Bonchev–Trinajstić information content (AvgIpc) is 2.56. The number of esters is 1. The first-order valence-electron chi connectivity index (χ1n) is 8.56. The van der Waals surface area contributed by atoms with Gasteiger partial charge in [-0.05, 0) is 44.7 Å². The molecule has 2 rings (SSSR count). The molecule has 0 aliphatic heterocycles. The predicted molar refractivity (Wildman–Crippen MR) is 92.3 cm³/mol. The second-order valence-electron chi connectivity index (χ2n) is 6.68. The molecular weight excluding hydrogens is 324 g/mol. The summed E-state index contributed by atoms with van der Waals surface area (Å²) < 4.78 is 5.21. The van der Waals surface area contributed by atoms with Crippen molar-refractivity contribution in [2.45, 2.75) is 58.6 Å². The summed E-state index contributed by atoms with van der Waals surface area (Å²) in [5, 5.41) is 13.8. The molecule has 0 radical (unpaired) electrons. The average molecular weight is 348 g/mol. The molecule has 0 unspecified atom stereocenters. The van der Waals surface area contributed by atoms with Gasteiger partial charge in [-0.15, -0.1) is 0 Å². The summed E-state index contributed by atoms with van der Waals surface area (Å²) in [5.74, 6) is -0.569. The van der Waals surface area contributed by atoms with Crippen molar-refractivity contribution in [3.8, 4) is 0 Å². The number of nitro groups is 1. The number of rotatable bonds is 5. The Morgan fingerprint density at radius 2 is 2.00 bits per heavy atom. The van der Waals surface area contributed by atoms with Crippen molar-refractivity contribution in [3.63, 3.8) is 0 Å². The summed E-state index contributed by atoms with van der Waals surface area (Å²) >= 11 is 0. The topological polar surface area (TPSA) is 98.5 Å². The van der Waals surface area contributed by atoms with E-state index in [0.29, 0.717) is 11.5 Å². The highest BCUT2D eigenvalue weighted by atomic mass is 16.6. The van der Waals surface area contributed by atoms with Crippen molar-refractivity contribution in [3.05, 3.63) is 39.4 Å². The Kier molecular flexibility index (Phi) is 6.12. The number of hydrogen-bond acceptors (Lipinski definition) is 5. The van der Waals surface area contributed by atoms with E-state index in [1.54, 1.807) is 6.92 Å². The molecule has 0 saturated heterocycles. The summed E-state index contributed by atoms with van der Waals surface area (Å²) in [6.07, 6.45) is 3.37. The maximum atomic E-state index is 12.3. The van der Waals surface area contributed by atoms with Gasteiger partial charge in [0.1, 0.15) is 0 Å². The van der Waals surface area contributed by atoms with Crippen LogP contribution >= 0.6 is 0 Å². The molecule has 1 N–H and O–H groups in total. The van der Waals surface area contributed by atoms with Gasteiger partial charge in [0.15, 0.2) is 6.10 Å². The van der Waals surface area contributed by atoms with Gasteiger partial charge in [0.05, 0.1) is 10.5 Å². The number of hydrogen-bond donors (Lipinski definition) is 1. The number of ether oxygens (including phenoxy) is 1. The van der Waals surface area contributed by atoms with Gasteiger partial charge in [-0.1, -0.05) is 19.8 Å². The summed E-state index contributed by atoms with van der Waals surface area (Å²) in [7, 11) is 0. The van der Waals surface area contributed by atoms with Crippen molar-refractivity contribution in [2.75, 3.05) is 0 Å². The minimum absolute atomic E-state index is 0.0615. The molecule has 1 aromatic rings. The third kappa shape index (κ3) is 4.78. The minimum Gasteiger partial charge on any atom is -0.449 e. The van der Waals surface area contributed by atoms with E-state index in [2.05, 4.69) is 12.2 Å². The van der Waals surface area contributed by atoms with Gasteiger partial charge in [0.25, 0.3) is 11.6 Å². The van der Waals surface area contributed by atoms with Gasteiger partial charge in [-0.3, -0.25) is 14.9 Å². The van der Waals surface area contributed by atoms with Crippen molar-refractivity contribution in [2.24, 2.45) is 5.92 Å². The lowest BCUT2D eigenvalue weighted by Gasteiger charge is -2.30. The third-order valence-electron chi connectivity index (χ3n) is 4.72. The van der Waals surface area contributed by atoms with Crippen LogP contribution in [0.2, 0.25) is 0 Å².